The number of rotatable bonds is 4. The number of aryl methyl sites for hydroxylation is 1. The number of nitrogens with zero attached hydrogens (tertiary/aromatic N) is 3. The summed E-state index contributed by atoms with van der Waals surface area (Å²) in [6.45, 7) is 1.80. The van der Waals surface area contributed by atoms with Gasteiger partial charge in [0, 0.05) is 32.1 Å². The van der Waals surface area contributed by atoms with Gasteiger partial charge in [-0.25, -0.2) is 17.7 Å². The molecule has 9 heteroatoms. The average molecular weight is 503 g/mol. The summed E-state index contributed by atoms with van der Waals surface area (Å²) in [5.74, 6) is 0. The first-order chi connectivity index (χ1) is 12.7. The zero-order chi connectivity index (χ0) is 19.8. The van der Waals surface area contributed by atoms with Gasteiger partial charge in [-0.1, -0.05) is 35.9 Å². The number of thiazole rings is 1. The van der Waals surface area contributed by atoms with Gasteiger partial charge in [-0.15, -0.1) is 28.3 Å². The number of halogens is 2. The second-order valence-electron chi connectivity index (χ2n) is 6.29. The number of para-hydroxylation sites is 1. The van der Waals surface area contributed by atoms with Gasteiger partial charge in [-0.05, 0) is 30.7 Å². The predicted octanol–water partition coefficient (Wildman–Crippen LogP) is 4.78. The van der Waals surface area contributed by atoms with Crippen LogP contribution in [0.3, 0.4) is 0 Å². The van der Waals surface area contributed by atoms with Gasteiger partial charge >= 0.3 is 0 Å². The molecule has 0 radical (unpaired) electrons. The van der Waals surface area contributed by atoms with Gasteiger partial charge in [-0.3, -0.25) is 0 Å². The minimum atomic E-state index is -3.51. The lowest BCUT2D eigenvalue weighted by atomic mass is 10.1. The van der Waals surface area contributed by atoms with E-state index in [0.29, 0.717) is 21.2 Å². The van der Waals surface area contributed by atoms with Crippen molar-refractivity contribution in [2.45, 2.75) is 11.8 Å². The van der Waals surface area contributed by atoms with Crippen LogP contribution in [-0.2, 0) is 17.1 Å². The highest BCUT2D eigenvalue weighted by Gasteiger charge is 2.21. The lowest BCUT2D eigenvalue weighted by molar-refractivity contribution is 0.520. The Kier molecular flexibility index (Phi) is 7.27. The fourth-order valence-corrected chi connectivity index (χ4v) is 4.85. The fraction of sp³-hybridized carbons (Fsp3) is 0.211. The van der Waals surface area contributed by atoms with E-state index in [1.54, 1.807) is 19.1 Å². The Morgan fingerprint density at radius 1 is 1.14 bits per heavy atom. The minimum Gasteiger partial charge on any atom is -0.320 e. The molecule has 5 nitrogen and oxygen atoms in total. The second kappa shape index (κ2) is 8.92. The second-order valence-corrected chi connectivity index (χ2v) is 9.66. The summed E-state index contributed by atoms with van der Waals surface area (Å²) >= 11 is 7.67. The smallest absolute Gasteiger partial charge is 0.242 e. The van der Waals surface area contributed by atoms with Crippen LogP contribution in [-0.4, -0.2) is 31.4 Å². The van der Waals surface area contributed by atoms with Crippen LogP contribution in [0.1, 0.15) is 5.56 Å². The molecule has 28 heavy (non-hydrogen) atoms. The topological polar surface area (TPSA) is 54.7 Å². The number of sulfonamides is 1. The molecule has 0 amide bonds. The van der Waals surface area contributed by atoms with Crippen LogP contribution >= 0.6 is 39.9 Å². The maximum Gasteiger partial charge on any atom is 0.242 e. The van der Waals surface area contributed by atoms with Crippen LogP contribution in [0.4, 0.5) is 5.69 Å². The molecule has 3 rings (SSSR count). The van der Waals surface area contributed by atoms with Crippen molar-refractivity contribution in [3.05, 3.63) is 63.2 Å². The van der Waals surface area contributed by atoms with Gasteiger partial charge in [0.25, 0.3) is 0 Å². The first-order valence-corrected chi connectivity index (χ1v) is 10.9. The lowest BCUT2D eigenvalue weighted by Gasteiger charge is -2.15. The summed E-state index contributed by atoms with van der Waals surface area (Å²) in [5.41, 5.74) is 3.12. The molecule has 0 aliphatic heterocycles. The summed E-state index contributed by atoms with van der Waals surface area (Å²) in [6.07, 6.45) is 0. The summed E-state index contributed by atoms with van der Waals surface area (Å²) in [6, 6.07) is 12.9. The minimum absolute atomic E-state index is 0. The third kappa shape index (κ3) is 4.41. The monoisotopic (exact) mass is 501 g/mol. The molecule has 0 unspecified atom stereocenters. The van der Waals surface area contributed by atoms with E-state index < -0.39 is 10.0 Å². The fourth-order valence-electron chi connectivity index (χ4n) is 2.61. The Morgan fingerprint density at radius 2 is 1.82 bits per heavy atom. The molecule has 1 aromatic heterocycles. The number of hydrogen-bond acceptors (Lipinski definition) is 4. The van der Waals surface area contributed by atoms with Crippen molar-refractivity contribution in [1.82, 2.24) is 8.87 Å². The molecule has 0 saturated heterocycles. The van der Waals surface area contributed by atoms with Crippen LogP contribution < -0.4 is 4.80 Å². The third-order valence-electron chi connectivity index (χ3n) is 4.24. The largest absolute Gasteiger partial charge is 0.320 e. The van der Waals surface area contributed by atoms with Crippen LogP contribution in [0.25, 0.3) is 11.3 Å². The zero-order valence-corrected chi connectivity index (χ0v) is 20.0. The molecular weight excluding hydrogens is 482 g/mol. The van der Waals surface area contributed by atoms with E-state index in [1.165, 1.54) is 29.7 Å². The molecule has 0 N–H and O–H groups in total. The maximum atomic E-state index is 12.6. The van der Waals surface area contributed by atoms with Crippen molar-refractivity contribution >= 4 is 55.6 Å². The SMILES string of the molecule is Br.Cc1ccc(-c2cs/c(=N/c3ccccc3Cl)n2C)cc1S(=O)(=O)N(C)C. The Labute approximate surface area is 184 Å². The summed E-state index contributed by atoms with van der Waals surface area (Å²) in [7, 11) is 1.46. The van der Waals surface area contributed by atoms with Crippen LogP contribution in [0.2, 0.25) is 5.02 Å². The van der Waals surface area contributed by atoms with E-state index >= 15 is 0 Å². The van der Waals surface area contributed by atoms with E-state index in [-0.39, 0.29) is 17.0 Å². The summed E-state index contributed by atoms with van der Waals surface area (Å²) in [5, 5.41) is 2.55. The Bertz CT molecular complexity index is 1170. The van der Waals surface area contributed by atoms with E-state index in [4.69, 9.17) is 11.6 Å². The first kappa shape index (κ1) is 22.8. The molecule has 0 saturated carbocycles. The summed E-state index contributed by atoms with van der Waals surface area (Å²) in [4.78, 5) is 5.71. The molecule has 0 aliphatic carbocycles. The molecule has 150 valence electrons. The van der Waals surface area contributed by atoms with E-state index in [9.17, 15) is 8.42 Å². The Hall–Kier alpha value is -1.45. The van der Waals surface area contributed by atoms with Crippen molar-refractivity contribution in [1.29, 1.82) is 0 Å². The van der Waals surface area contributed by atoms with Crippen LogP contribution in [0, 0.1) is 6.92 Å². The van der Waals surface area contributed by atoms with Crippen molar-refractivity contribution < 1.29 is 8.42 Å². The Balaban J connectivity index is 0.00000280. The van der Waals surface area contributed by atoms with Crippen LogP contribution in [0.15, 0.2) is 57.7 Å². The molecule has 0 aliphatic rings. The van der Waals surface area contributed by atoms with Gasteiger partial charge in [0.1, 0.15) is 0 Å². The van der Waals surface area contributed by atoms with Gasteiger partial charge in [0.05, 0.1) is 21.3 Å². The van der Waals surface area contributed by atoms with E-state index in [0.717, 1.165) is 16.1 Å². The average Bonchev–Trinajstić information content (AvgIpc) is 2.98. The number of benzene rings is 2. The number of hydrogen-bond donors (Lipinski definition) is 0. The van der Waals surface area contributed by atoms with Crippen LogP contribution in [0.5, 0.6) is 0 Å². The van der Waals surface area contributed by atoms with E-state index in [1.807, 2.05) is 47.3 Å². The van der Waals surface area contributed by atoms with Gasteiger partial charge in [0.15, 0.2) is 4.80 Å². The van der Waals surface area contributed by atoms with Crippen molar-refractivity contribution in [3.63, 3.8) is 0 Å². The number of aromatic nitrogens is 1. The maximum absolute atomic E-state index is 12.6. The zero-order valence-electron chi connectivity index (χ0n) is 15.9. The molecule has 0 spiro atoms. The van der Waals surface area contributed by atoms with Gasteiger partial charge in [-0.2, -0.15) is 0 Å². The molecule has 2 aromatic carbocycles. The molecular formula is C19H21BrClN3O2S2. The normalized spacial score (nSPS) is 12.3. The van der Waals surface area contributed by atoms with Gasteiger partial charge in [0.2, 0.25) is 10.0 Å². The van der Waals surface area contributed by atoms with Crippen molar-refractivity contribution in [2.24, 2.45) is 12.0 Å². The molecule has 0 atom stereocenters. The highest BCUT2D eigenvalue weighted by atomic mass is 79.9. The van der Waals surface area contributed by atoms with Gasteiger partial charge < -0.3 is 4.57 Å². The molecule has 0 bridgehead atoms. The Morgan fingerprint density at radius 3 is 2.46 bits per heavy atom. The molecule has 0 fully saturated rings. The van der Waals surface area contributed by atoms with E-state index in [2.05, 4.69) is 4.99 Å². The molecule has 3 aromatic rings. The standard InChI is InChI=1S/C19H20ClN3O2S2.BrH/c1-13-9-10-14(11-18(13)27(24,25)22(2)3)17-12-26-19(23(17)4)21-16-8-6-5-7-15(16)20;/h5-12H,1-4H3;1H/b21-19+;. The third-order valence-corrected chi connectivity index (χ3v) is 7.43. The predicted molar refractivity (Wildman–Crippen MR) is 121 cm³/mol. The first-order valence-electron chi connectivity index (χ1n) is 8.19. The molecule has 1 heterocycles. The quantitative estimate of drug-likeness (QED) is 0.516. The highest BCUT2D eigenvalue weighted by Crippen LogP contribution is 2.27. The lowest BCUT2D eigenvalue weighted by Crippen LogP contribution is -2.23. The van der Waals surface area contributed by atoms with Crippen molar-refractivity contribution in [3.8, 4) is 11.3 Å². The highest BCUT2D eigenvalue weighted by molar-refractivity contribution is 8.93. The van der Waals surface area contributed by atoms with Crippen molar-refractivity contribution in [2.75, 3.05) is 14.1 Å². The summed E-state index contributed by atoms with van der Waals surface area (Å²) < 4.78 is 28.3.